The van der Waals surface area contributed by atoms with Crippen LogP contribution in [0.5, 0.6) is 0 Å². The van der Waals surface area contributed by atoms with Gasteiger partial charge in [-0.05, 0) is 47.6 Å². The molecule has 0 aromatic carbocycles. The monoisotopic (exact) mass is 245 g/mol. The average molecular weight is 245 g/mol. The van der Waals surface area contributed by atoms with E-state index in [4.69, 9.17) is 9.84 Å². The average Bonchev–Trinajstić information content (AvgIpc) is 2.21. The first kappa shape index (κ1) is 14.9. The van der Waals surface area contributed by atoms with E-state index in [1.165, 1.54) is 0 Å². The molecule has 1 saturated heterocycles. The SMILES string of the molecule is CN1C(C)(C)CC(OCC(O)CO)CC1(C)C. The van der Waals surface area contributed by atoms with Gasteiger partial charge in [-0.25, -0.2) is 0 Å². The molecule has 0 saturated carbocycles. The largest absolute Gasteiger partial charge is 0.394 e. The molecule has 17 heavy (non-hydrogen) atoms. The summed E-state index contributed by atoms with van der Waals surface area (Å²) >= 11 is 0. The summed E-state index contributed by atoms with van der Waals surface area (Å²) in [5, 5.41) is 18.1. The van der Waals surface area contributed by atoms with Crippen molar-refractivity contribution in [1.29, 1.82) is 0 Å². The Hall–Kier alpha value is -0.160. The number of ether oxygens (including phenoxy) is 1. The fraction of sp³-hybridized carbons (Fsp3) is 1.00. The highest BCUT2D eigenvalue weighted by molar-refractivity contribution is 4.98. The molecule has 2 N–H and O–H groups in total. The van der Waals surface area contributed by atoms with E-state index >= 15 is 0 Å². The van der Waals surface area contributed by atoms with Crippen molar-refractivity contribution in [3.05, 3.63) is 0 Å². The molecule has 1 aliphatic heterocycles. The Morgan fingerprint density at radius 3 is 2.12 bits per heavy atom. The Kier molecular flexibility index (Phi) is 4.58. The van der Waals surface area contributed by atoms with Gasteiger partial charge in [-0.1, -0.05) is 0 Å². The molecule has 1 unspecified atom stereocenters. The number of aliphatic hydroxyl groups excluding tert-OH is 2. The number of aliphatic hydroxyl groups is 2. The standard InChI is InChI=1S/C13H27NO3/c1-12(2)6-11(17-9-10(16)8-15)7-13(3,4)14(12)5/h10-11,15-16H,6-9H2,1-5H3. The molecule has 1 rings (SSSR count). The summed E-state index contributed by atoms with van der Waals surface area (Å²) in [6.45, 7) is 8.84. The van der Waals surface area contributed by atoms with E-state index in [1.54, 1.807) is 0 Å². The molecule has 4 heteroatoms. The number of rotatable bonds is 4. The second-order valence-electron chi connectivity index (χ2n) is 6.38. The van der Waals surface area contributed by atoms with Crippen LogP contribution >= 0.6 is 0 Å². The number of hydrogen-bond donors (Lipinski definition) is 2. The molecule has 1 fully saturated rings. The molecule has 1 atom stereocenters. The van der Waals surface area contributed by atoms with Crippen molar-refractivity contribution in [3.8, 4) is 0 Å². The molecule has 102 valence electrons. The summed E-state index contributed by atoms with van der Waals surface area (Å²) in [5.41, 5.74) is 0.188. The summed E-state index contributed by atoms with van der Waals surface area (Å²) in [4.78, 5) is 2.39. The molecule has 1 heterocycles. The van der Waals surface area contributed by atoms with Crippen molar-refractivity contribution in [2.24, 2.45) is 0 Å². The van der Waals surface area contributed by atoms with Crippen LogP contribution in [0.25, 0.3) is 0 Å². The van der Waals surface area contributed by atoms with Gasteiger partial charge in [0.05, 0.1) is 19.3 Å². The fourth-order valence-electron chi connectivity index (χ4n) is 2.70. The van der Waals surface area contributed by atoms with Crippen molar-refractivity contribution < 1.29 is 14.9 Å². The van der Waals surface area contributed by atoms with E-state index in [-0.39, 0.29) is 30.4 Å². The molecule has 0 amide bonds. The van der Waals surface area contributed by atoms with Gasteiger partial charge in [-0.2, -0.15) is 0 Å². The van der Waals surface area contributed by atoms with E-state index in [1.807, 2.05) is 0 Å². The van der Waals surface area contributed by atoms with Gasteiger partial charge in [0.2, 0.25) is 0 Å². The Morgan fingerprint density at radius 2 is 1.71 bits per heavy atom. The molecule has 0 spiro atoms. The van der Waals surface area contributed by atoms with Gasteiger partial charge in [0.15, 0.2) is 0 Å². The molecule has 0 aliphatic carbocycles. The Morgan fingerprint density at radius 1 is 1.24 bits per heavy atom. The predicted octanol–water partition coefficient (Wildman–Crippen LogP) is 1.01. The van der Waals surface area contributed by atoms with Crippen LogP contribution in [0.3, 0.4) is 0 Å². The van der Waals surface area contributed by atoms with Crippen LogP contribution < -0.4 is 0 Å². The maximum Gasteiger partial charge on any atom is 0.100 e. The summed E-state index contributed by atoms with van der Waals surface area (Å²) in [5.74, 6) is 0. The fourth-order valence-corrected chi connectivity index (χ4v) is 2.70. The zero-order valence-corrected chi connectivity index (χ0v) is 11.7. The lowest BCUT2D eigenvalue weighted by Crippen LogP contribution is -2.60. The predicted molar refractivity (Wildman–Crippen MR) is 68.0 cm³/mol. The van der Waals surface area contributed by atoms with Crippen LogP contribution in [0.2, 0.25) is 0 Å². The lowest BCUT2D eigenvalue weighted by molar-refractivity contribution is -0.109. The van der Waals surface area contributed by atoms with Gasteiger partial charge in [0, 0.05) is 11.1 Å². The van der Waals surface area contributed by atoms with Crippen molar-refractivity contribution in [2.45, 2.75) is 63.8 Å². The third-order valence-corrected chi connectivity index (χ3v) is 4.01. The second-order valence-corrected chi connectivity index (χ2v) is 6.38. The van der Waals surface area contributed by atoms with Gasteiger partial charge in [-0.3, -0.25) is 4.90 Å². The first-order valence-electron chi connectivity index (χ1n) is 6.33. The molecule has 1 aliphatic rings. The maximum atomic E-state index is 9.32. The van der Waals surface area contributed by atoms with Crippen LogP contribution in [0.15, 0.2) is 0 Å². The van der Waals surface area contributed by atoms with E-state index in [2.05, 4.69) is 39.6 Å². The van der Waals surface area contributed by atoms with Crippen LogP contribution in [0, 0.1) is 0 Å². The van der Waals surface area contributed by atoms with E-state index in [0.29, 0.717) is 0 Å². The minimum Gasteiger partial charge on any atom is -0.394 e. The summed E-state index contributed by atoms with van der Waals surface area (Å²) in [7, 11) is 2.15. The molecule has 4 nitrogen and oxygen atoms in total. The molecular weight excluding hydrogens is 218 g/mol. The molecular formula is C13H27NO3. The van der Waals surface area contributed by atoms with Crippen LogP contribution in [-0.2, 0) is 4.74 Å². The Labute approximate surface area is 105 Å². The minimum atomic E-state index is -0.763. The van der Waals surface area contributed by atoms with Gasteiger partial charge >= 0.3 is 0 Å². The van der Waals surface area contributed by atoms with Gasteiger partial charge in [0.25, 0.3) is 0 Å². The lowest BCUT2D eigenvalue weighted by atomic mass is 9.79. The van der Waals surface area contributed by atoms with Gasteiger partial charge in [0.1, 0.15) is 6.10 Å². The molecule has 0 bridgehead atoms. The van der Waals surface area contributed by atoms with E-state index in [9.17, 15) is 5.11 Å². The third kappa shape index (κ3) is 3.65. The zero-order chi connectivity index (χ0) is 13.3. The Balaban J connectivity index is 2.59. The first-order chi connectivity index (χ1) is 7.69. The molecule has 0 radical (unpaired) electrons. The van der Waals surface area contributed by atoms with Crippen LogP contribution in [0.4, 0.5) is 0 Å². The second kappa shape index (κ2) is 5.22. The van der Waals surface area contributed by atoms with E-state index in [0.717, 1.165) is 12.8 Å². The third-order valence-electron chi connectivity index (χ3n) is 4.01. The first-order valence-corrected chi connectivity index (χ1v) is 6.33. The van der Waals surface area contributed by atoms with E-state index < -0.39 is 6.10 Å². The number of nitrogens with zero attached hydrogens (tertiary/aromatic N) is 1. The van der Waals surface area contributed by atoms with Crippen molar-refractivity contribution >= 4 is 0 Å². The molecule has 0 aromatic rings. The highest BCUT2D eigenvalue weighted by atomic mass is 16.5. The van der Waals surface area contributed by atoms with Gasteiger partial charge in [-0.15, -0.1) is 0 Å². The van der Waals surface area contributed by atoms with Crippen LogP contribution in [0.1, 0.15) is 40.5 Å². The molecule has 0 aromatic heterocycles. The lowest BCUT2D eigenvalue weighted by Gasteiger charge is -2.53. The summed E-state index contributed by atoms with van der Waals surface area (Å²) in [6, 6.07) is 0. The number of likely N-dealkylation sites (tertiary alicyclic amines) is 1. The topological polar surface area (TPSA) is 52.9 Å². The minimum absolute atomic E-state index is 0.0938. The quantitative estimate of drug-likeness (QED) is 0.776. The number of piperidine rings is 1. The Bertz CT molecular complexity index is 235. The smallest absolute Gasteiger partial charge is 0.100 e. The van der Waals surface area contributed by atoms with Gasteiger partial charge < -0.3 is 14.9 Å². The number of hydrogen-bond acceptors (Lipinski definition) is 4. The maximum absolute atomic E-state index is 9.32. The highest BCUT2D eigenvalue weighted by Gasteiger charge is 2.43. The van der Waals surface area contributed by atoms with Crippen molar-refractivity contribution in [1.82, 2.24) is 4.90 Å². The van der Waals surface area contributed by atoms with Crippen molar-refractivity contribution in [3.63, 3.8) is 0 Å². The zero-order valence-electron chi connectivity index (χ0n) is 11.7. The van der Waals surface area contributed by atoms with Crippen LogP contribution in [-0.4, -0.2) is 58.7 Å². The highest BCUT2D eigenvalue weighted by Crippen LogP contribution is 2.37. The van der Waals surface area contributed by atoms with Crippen molar-refractivity contribution in [2.75, 3.05) is 20.3 Å². The normalized spacial score (nSPS) is 27.0. The summed E-state index contributed by atoms with van der Waals surface area (Å²) in [6.07, 6.45) is 1.29. The summed E-state index contributed by atoms with van der Waals surface area (Å²) < 4.78 is 5.72.